The van der Waals surface area contributed by atoms with Crippen molar-refractivity contribution in [1.82, 2.24) is 15.0 Å². The molecule has 7 heteroatoms. The van der Waals surface area contributed by atoms with Crippen molar-refractivity contribution in [2.24, 2.45) is 0 Å². The first-order valence-corrected chi connectivity index (χ1v) is 7.11. The molecule has 102 valence electrons. The van der Waals surface area contributed by atoms with Crippen molar-refractivity contribution in [2.75, 3.05) is 0 Å². The zero-order chi connectivity index (χ0) is 14.3. The van der Waals surface area contributed by atoms with Crippen LogP contribution in [0.5, 0.6) is 0 Å². The first-order valence-electron chi connectivity index (χ1n) is 6.24. The van der Waals surface area contributed by atoms with Crippen molar-refractivity contribution in [3.05, 3.63) is 40.6 Å². The molecule has 0 aliphatic rings. The molecular formula is C13H14BN3O2S. The van der Waals surface area contributed by atoms with Gasteiger partial charge in [-0.2, -0.15) is 0 Å². The molecule has 3 N–H and O–H groups in total. The Balaban J connectivity index is 2.19. The number of aromatic nitrogens is 3. The lowest BCUT2D eigenvalue weighted by atomic mass is 9.79. The summed E-state index contributed by atoms with van der Waals surface area (Å²) in [6.45, 7) is 4.19. The maximum Gasteiger partial charge on any atom is 0.490 e. The van der Waals surface area contributed by atoms with Crippen molar-refractivity contribution >= 4 is 35.0 Å². The van der Waals surface area contributed by atoms with Crippen molar-refractivity contribution < 1.29 is 10.0 Å². The average Bonchev–Trinajstić information content (AvgIpc) is 3.07. The Morgan fingerprint density at radius 3 is 2.75 bits per heavy atom. The van der Waals surface area contributed by atoms with Crippen LogP contribution < -0.4 is 5.46 Å². The van der Waals surface area contributed by atoms with Crippen LogP contribution in [-0.2, 0) is 5.41 Å². The highest BCUT2D eigenvalue weighted by atomic mass is 32.1. The van der Waals surface area contributed by atoms with Gasteiger partial charge in [0.25, 0.3) is 0 Å². The number of nitrogens with one attached hydrogen (secondary N) is 1. The summed E-state index contributed by atoms with van der Waals surface area (Å²) in [7, 11) is -1.52. The highest BCUT2D eigenvalue weighted by Crippen LogP contribution is 2.36. The van der Waals surface area contributed by atoms with Crippen LogP contribution in [0.4, 0.5) is 0 Å². The maximum atomic E-state index is 9.29. The predicted octanol–water partition coefficient (Wildman–Crippen LogP) is 1.03. The lowest BCUT2D eigenvalue weighted by Gasteiger charge is -2.21. The summed E-state index contributed by atoms with van der Waals surface area (Å²) in [6.07, 6.45) is 5.16. The molecule has 5 nitrogen and oxygen atoms in total. The molecule has 0 spiro atoms. The summed E-state index contributed by atoms with van der Waals surface area (Å²) in [4.78, 5) is 11.7. The van der Waals surface area contributed by atoms with Crippen LogP contribution in [0.1, 0.15) is 24.4 Å². The van der Waals surface area contributed by atoms with Gasteiger partial charge in [-0.15, -0.1) is 11.3 Å². The van der Waals surface area contributed by atoms with Gasteiger partial charge in [-0.1, -0.05) is 0 Å². The largest absolute Gasteiger partial charge is 0.490 e. The Bertz CT molecular complexity index is 737. The van der Waals surface area contributed by atoms with Gasteiger partial charge in [-0.3, -0.25) is 0 Å². The van der Waals surface area contributed by atoms with E-state index in [0.717, 1.165) is 21.6 Å². The number of thiazole rings is 1. The maximum absolute atomic E-state index is 9.29. The molecule has 3 heterocycles. The van der Waals surface area contributed by atoms with Crippen LogP contribution in [0.15, 0.2) is 30.0 Å². The van der Waals surface area contributed by atoms with Gasteiger partial charge in [0.1, 0.15) is 10.7 Å². The normalized spacial score (nSPS) is 12.0. The van der Waals surface area contributed by atoms with E-state index in [1.165, 1.54) is 6.20 Å². The summed E-state index contributed by atoms with van der Waals surface area (Å²) in [5, 5.41) is 22.4. The Labute approximate surface area is 120 Å². The Morgan fingerprint density at radius 2 is 2.10 bits per heavy atom. The minimum absolute atomic E-state index is 0.271. The van der Waals surface area contributed by atoms with E-state index in [2.05, 4.69) is 28.8 Å². The number of pyridine rings is 1. The standard InChI is InChI=1S/C13H14BN3O2S/c1-13(2,12-15-3-4-20-12)10-7-17-11-9(10)5-8(6-16-11)14(18)19/h3-7,18-19H,1-2H3,(H,16,17). The van der Waals surface area contributed by atoms with Gasteiger partial charge in [0, 0.05) is 40.2 Å². The fourth-order valence-electron chi connectivity index (χ4n) is 2.33. The lowest BCUT2D eigenvalue weighted by molar-refractivity contribution is 0.425. The van der Waals surface area contributed by atoms with E-state index in [1.807, 2.05) is 11.6 Å². The van der Waals surface area contributed by atoms with Crippen molar-refractivity contribution in [2.45, 2.75) is 19.3 Å². The SMILES string of the molecule is CC(C)(c1nccs1)c1c[nH]c2ncc(B(O)O)cc12. The van der Waals surface area contributed by atoms with Gasteiger partial charge in [0.05, 0.1) is 0 Å². The average molecular weight is 287 g/mol. The number of aromatic amines is 1. The van der Waals surface area contributed by atoms with Gasteiger partial charge in [-0.05, 0) is 25.5 Å². The molecule has 20 heavy (non-hydrogen) atoms. The minimum Gasteiger partial charge on any atom is -0.423 e. The molecule has 0 saturated carbocycles. The molecule has 3 rings (SSSR count). The fraction of sp³-hybridized carbons (Fsp3) is 0.231. The first-order chi connectivity index (χ1) is 9.50. The van der Waals surface area contributed by atoms with Crippen LogP contribution >= 0.6 is 11.3 Å². The van der Waals surface area contributed by atoms with E-state index in [4.69, 9.17) is 0 Å². The van der Waals surface area contributed by atoms with Crippen LogP contribution in [0.25, 0.3) is 11.0 Å². The summed E-state index contributed by atoms with van der Waals surface area (Å²) in [5.41, 5.74) is 1.88. The molecule has 0 aliphatic carbocycles. The summed E-state index contributed by atoms with van der Waals surface area (Å²) in [5.74, 6) is 0. The smallest absolute Gasteiger partial charge is 0.423 e. The van der Waals surface area contributed by atoms with Crippen molar-refractivity contribution in [3.8, 4) is 0 Å². The zero-order valence-corrected chi connectivity index (χ0v) is 12.0. The van der Waals surface area contributed by atoms with Gasteiger partial charge in [0.2, 0.25) is 0 Å². The van der Waals surface area contributed by atoms with Gasteiger partial charge >= 0.3 is 7.12 Å². The molecule has 0 saturated heterocycles. The predicted molar refractivity (Wildman–Crippen MR) is 80.2 cm³/mol. The Hall–Kier alpha value is -1.70. The van der Waals surface area contributed by atoms with E-state index in [0.29, 0.717) is 5.46 Å². The van der Waals surface area contributed by atoms with Gasteiger partial charge in [0.15, 0.2) is 0 Å². The van der Waals surface area contributed by atoms with Crippen molar-refractivity contribution in [1.29, 1.82) is 0 Å². The molecule has 0 aromatic carbocycles. The number of hydrogen-bond donors (Lipinski definition) is 3. The summed E-state index contributed by atoms with van der Waals surface area (Å²) in [6, 6.07) is 1.76. The highest BCUT2D eigenvalue weighted by Gasteiger charge is 2.29. The molecule has 0 radical (unpaired) electrons. The number of hydrogen-bond acceptors (Lipinski definition) is 5. The highest BCUT2D eigenvalue weighted by molar-refractivity contribution is 7.09. The van der Waals surface area contributed by atoms with E-state index < -0.39 is 7.12 Å². The van der Waals surface area contributed by atoms with Crippen molar-refractivity contribution in [3.63, 3.8) is 0 Å². The number of nitrogens with zero attached hydrogens (tertiary/aromatic N) is 2. The third-order valence-corrected chi connectivity index (χ3v) is 4.59. The number of rotatable bonds is 3. The third kappa shape index (κ3) is 2.04. The molecule has 0 aliphatic heterocycles. The van der Waals surface area contributed by atoms with E-state index >= 15 is 0 Å². The zero-order valence-electron chi connectivity index (χ0n) is 11.2. The molecule has 0 atom stereocenters. The topological polar surface area (TPSA) is 82.0 Å². The van der Waals surface area contributed by atoms with E-state index in [-0.39, 0.29) is 5.41 Å². The second-order valence-corrected chi connectivity index (χ2v) is 6.10. The number of H-pyrrole nitrogens is 1. The quantitative estimate of drug-likeness (QED) is 0.628. The van der Waals surface area contributed by atoms with Crippen LogP contribution in [0, 0.1) is 0 Å². The third-order valence-electron chi connectivity index (χ3n) is 3.49. The second-order valence-electron chi connectivity index (χ2n) is 5.20. The lowest BCUT2D eigenvalue weighted by Crippen LogP contribution is -2.30. The number of fused-ring (bicyclic) bond motifs is 1. The monoisotopic (exact) mass is 287 g/mol. The molecular weight excluding hydrogens is 273 g/mol. The van der Waals surface area contributed by atoms with E-state index in [9.17, 15) is 10.0 Å². The second kappa shape index (κ2) is 4.69. The molecule has 3 aromatic heterocycles. The van der Waals surface area contributed by atoms with Gasteiger partial charge < -0.3 is 15.0 Å². The minimum atomic E-state index is -1.52. The Morgan fingerprint density at radius 1 is 1.30 bits per heavy atom. The van der Waals surface area contributed by atoms with E-state index in [1.54, 1.807) is 23.6 Å². The van der Waals surface area contributed by atoms with Crippen LogP contribution in [-0.4, -0.2) is 32.1 Å². The summed E-state index contributed by atoms with van der Waals surface area (Å²) >= 11 is 1.60. The molecule has 0 amide bonds. The van der Waals surface area contributed by atoms with Crippen LogP contribution in [0.2, 0.25) is 0 Å². The molecule has 0 unspecified atom stereocenters. The van der Waals surface area contributed by atoms with Gasteiger partial charge in [-0.25, -0.2) is 9.97 Å². The Kier molecular flexibility index (Phi) is 3.12. The molecule has 3 aromatic rings. The van der Waals surface area contributed by atoms with Crippen LogP contribution in [0.3, 0.4) is 0 Å². The fourth-order valence-corrected chi connectivity index (χ4v) is 3.10. The molecule has 0 bridgehead atoms. The first kappa shape index (κ1) is 13.3. The summed E-state index contributed by atoms with van der Waals surface area (Å²) < 4.78 is 0. The molecule has 0 fully saturated rings.